The Morgan fingerprint density at radius 1 is 1.21 bits per heavy atom. The molecule has 1 atom stereocenters. The predicted molar refractivity (Wildman–Crippen MR) is 49.6 cm³/mol. The van der Waals surface area contributed by atoms with Crippen LogP contribution in [0.5, 0.6) is 0 Å². The number of aliphatic hydroxyl groups is 3. The van der Waals surface area contributed by atoms with Gasteiger partial charge in [-0.3, -0.25) is 0 Å². The number of carbonyl (C=O) groups is 1. The number of rotatable bonds is 7. The maximum atomic E-state index is 10.6. The Labute approximate surface area is 82.3 Å². The minimum absolute atomic E-state index is 0.0906. The van der Waals surface area contributed by atoms with Crippen molar-refractivity contribution in [3.63, 3.8) is 0 Å². The molecule has 14 heavy (non-hydrogen) atoms. The third kappa shape index (κ3) is 3.45. The van der Waals surface area contributed by atoms with E-state index in [-0.39, 0.29) is 31.8 Å². The van der Waals surface area contributed by atoms with Crippen molar-refractivity contribution >= 4 is 5.97 Å². The minimum Gasteiger partial charge on any atom is -0.478 e. The van der Waals surface area contributed by atoms with E-state index in [4.69, 9.17) is 20.4 Å². The Morgan fingerprint density at radius 3 is 2.00 bits per heavy atom. The van der Waals surface area contributed by atoms with Crippen molar-refractivity contribution in [3.8, 4) is 0 Å². The molecule has 0 radical (unpaired) electrons. The first kappa shape index (κ1) is 13.1. The average molecular weight is 204 g/mol. The second-order valence-electron chi connectivity index (χ2n) is 3.07. The molecule has 0 aliphatic carbocycles. The molecule has 0 amide bonds. The molecule has 0 aromatic rings. The van der Waals surface area contributed by atoms with E-state index in [2.05, 4.69) is 6.58 Å². The maximum absolute atomic E-state index is 10.6. The molecule has 82 valence electrons. The van der Waals surface area contributed by atoms with Gasteiger partial charge < -0.3 is 20.4 Å². The molecule has 1 unspecified atom stereocenters. The van der Waals surface area contributed by atoms with Crippen molar-refractivity contribution in [2.75, 3.05) is 19.8 Å². The summed E-state index contributed by atoms with van der Waals surface area (Å²) < 4.78 is 0. The Morgan fingerprint density at radius 2 is 1.71 bits per heavy atom. The highest BCUT2D eigenvalue weighted by molar-refractivity contribution is 5.86. The molecule has 0 aromatic heterocycles. The average Bonchev–Trinajstić information content (AvgIpc) is 2.17. The summed E-state index contributed by atoms with van der Waals surface area (Å²) >= 11 is 0. The smallest absolute Gasteiger partial charge is 0.331 e. The zero-order valence-corrected chi connectivity index (χ0v) is 7.89. The number of aliphatic carboxylic acids is 1. The number of hydrogen-bond acceptors (Lipinski definition) is 4. The second-order valence-corrected chi connectivity index (χ2v) is 3.07. The van der Waals surface area contributed by atoms with Crippen LogP contribution < -0.4 is 0 Å². The number of hydrogen-bond donors (Lipinski definition) is 4. The van der Waals surface area contributed by atoms with Gasteiger partial charge >= 0.3 is 5.97 Å². The van der Waals surface area contributed by atoms with Crippen molar-refractivity contribution in [2.24, 2.45) is 11.8 Å². The highest BCUT2D eigenvalue weighted by Crippen LogP contribution is 2.23. The number of carboxylic acid groups (broad SMARTS) is 1. The van der Waals surface area contributed by atoms with Crippen LogP contribution in [0, 0.1) is 11.8 Å². The van der Waals surface area contributed by atoms with E-state index in [0.717, 1.165) is 0 Å². The lowest BCUT2D eigenvalue weighted by Crippen LogP contribution is -2.27. The summed E-state index contributed by atoms with van der Waals surface area (Å²) in [6.45, 7) is 2.50. The Kier molecular flexibility index (Phi) is 6.11. The van der Waals surface area contributed by atoms with Crippen LogP contribution in [0.3, 0.4) is 0 Å². The van der Waals surface area contributed by atoms with Gasteiger partial charge in [0.1, 0.15) is 0 Å². The van der Waals surface area contributed by atoms with Crippen LogP contribution in [-0.4, -0.2) is 46.2 Å². The van der Waals surface area contributed by atoms with E-state index >= 15 is 0 Å². The van der Waals surface area contributed by atoms with Crippen LogP contribution in [0.1, 0.15) is 6.42 Å². The first-order valence-corrected chi connectivity index (χ1v) is 4.33. The fourth-order valence-electron chi connectivity index (χ4n) is 1.30. The van der Waals surface area contributed by atoms with Crippen LogP contribution in [0.15, 0.2) is 12.2 Å². The van der Waals surface area contributed by atoms with Crippen molar-refractivity contribution in [1.82, 2.24) is 0 Å². The fraction of sp³-hybridized carbons (Fsp3) is 0.667. The molecule has 0 aliphatic heterocycles. The number of carboxylic acids is 1. The van der Waals surface area contributed by atoms with Crippen LogP contribution in [0.25, 0.3) is 0 Å². The molecule has 0 saturated heterocycles. The van der Waals surface area contributed by atoms with Crippen LogP contribution in [0.2, 0.25) is 0 Å². The Balaban J connectivity index is 4.55. The van der Waals surface area contributed by atoms with Crippen molar-refractivity contribution in [1.29, 1.82) is 0 Å². The first-order chi connectivity index (χ1) is 6.58. The van der Waals surface area contributed by atoms with Gasteiger partial charge in [-0.25, -0.2) is 4.79 Å². The first-order valence-electron chi connectivity index (χ1n) is 4.33. The molecule has 0 aromatic carbocycles. The SMILES string of the molecule is C=C(C(=O)O)C(CCO)C(CO)CO. The molecule has 5 heteroatoms. The molecule has 4 N–H and O–H groups in total. The molecular weight excluding hydrogens is 188 g/mol. The van der Waals surface area contributed by atoms with Crippen molar-refractivity contribution < 1.29 is 25.2 Å². The van der Waals surface area contributed by atoms with Crippen LogP contribution >= 0.6 is 0 Å². The highest BCUT2D eigenvalue weighted by Gasteiger charge is 2.26. The van der Waals surface area contributed by atoms with Crippen molar-refractivity contribution in [2.45, 2.75) is 6.42 Å². The molecular formula is C9H16O5. The van der Waals surface area contributed by atoms with E-state index in [1.165, 1.54) is 0 Å². The Bertz CT molecular complexity index is 197. The summed E-state index contributed by atoms with van der Waals surface area (Å²) in [6.07, 6.45) is 0.178. The maximum Gasteiger partial charge on any atom is 0.331 e. The molecule has 0 heterocycles. The standard InChI is InChI=1S/C9H16O5/c1-6(9(13)14)8(2-3-10)7(4-11)5-12/h7-8,10-12H,1-5H2,(H,13,14). The second kappa shape index (κ2) is 6.53. The molecule has 0 aliphatic rings. The van der Waals surface area contributed by atoms with Crippen LogP contribution in [0.4, 0.5) is 0 Å². The summed E-state index contributed by atoms with van der Waals surface area (Å²) in [7, 11) is 0. The van der Waals surface area contributed by atoms with Crippen molar-refractivity contribution in [3.05, 3.63) is 12.2 Å². The molecule has 5 nitrogen and oxygen atoms in total. The predicted octanol–water partition coefficient (Wildman–Crippen LogP) is -0.773. The summed E-state index contributed by atoms with van der Waals surface area (Å²) in [5.74, 6) is -2.34. The quantitative estimate of drug-likeness (QED) is 0.408. The summed E-state index contributed by atoms with van der Waals surface area (Å²) in [6, 6.07) is 0. The third-order valence-electron chi connectivity index (χ3n) is 2.20. The number of aliphatic hydroxyl groups excluding tert-OH is 3. The summed E-state index contributed by atoms with van der Waals surface area (Å²) in [4.78, 5) is 10.6. The lowest BCUT2D eigenvalue weighted by atomic mass is 9.85. The van der Waals surface area contributed by atoms with Gasteiger partial charge in [-0.05, 0) is 12.3 Å². The van der Waals surface area contributed by atoms with Gasteiger partial charge in [0.05, 0.1) is 0 Å². The zero-order valence-electron chi connectivity index (χ0n) is 7.89. The van der Waals surface area contributed by atoms with E-state index in [0.29, 0.717) is 0 Å². The molecule has 0 fully saturated rings. The van der Waals surface area contributed by atoms with Gasteiger partial charge in [-0.1, -0.05) is 6.58 Å². The van der Waals surface area contributed by atoms with Gasteiger partial charge in [0.25, 0.3) is 0 Å². The summed E-state index contributed by atoms with van der Waals surface area (Å²) in [5.41, 5.74) is -0.0906. The topological polar surface area (TPSA) is 98.0 Å². The van der Waals surface area contributed by atoms with E-state index in [1.54, 1.807) is 0 Å². The zero-order chi connectivity index (χ0) is 11.1. The monoisotopic (exact) mass is 204 g/mol. The van der Waals surface area contributed by atoms with Gasteiger partial charge in [-0.2, -0.15) is 0 Å². The van der Waals surface area contributed by atoms with Gasteiger partial charge in [0.15, 0.2) is 0 Å². The van der Waals surface area contributed by atoms with E-state index in [1.807, 2.05) is 0 Å². The third-order valence-corrected chi connectivity index (χ3v) is 2.20. The highest BCUT2D eigenvalue weighted by atomic mass is 16.4. The molecule has 0 saturated carbocycles. The van der Waals surface area contributed by atoms with Gasteiger partial charge in [0.2, 0.25) is 0 Å². The van der Waals surface area contributed by atoms with Gasteiger partial charge in [-0.15, -0.1) is 0 Å². The minimum atomic E-state index is -1.17. The fourth-order valence-corrected chi connectivity index (χ4v) is 1.30. The van der Waals surface area contributed by atoms with E-state index < -0.39 is 17.8 Å². The normalized spacial score (nSPS) is 12.9. The van der Waals surface area contributed by atoms with Gasteiger partial charge in [0, 0.05) is 31.3 Å². The molecule has 0 rings (SSSR count). The largest absolute Gasteiger partial charge is 0.478 e. The van der Waals surface area contributed by atoms with E-state index in [9.17, 15) is 4.79 Å². The lowest BCUT2D eigenvalue weighted by Gasteiger charge is -2.23. The summed E-state index contributed by atoms with van der Waals surface area (Å²) in [5, 5.41) is 35.1. The molecule has 0 spiro atoms. The van der Waals surface area contributed by atoms with Crippen LogP contribution in [-0.2, 0) is 4.79 Å². The Hall–Kier alpha value is -0.910. The molecule has 0 bridgehead atoms. The lowest BCUT2D eigenvalue weighted by molar-refractivity contribution is -0.133.